The summed E-state index contributed by atoms with van der Waals surface area (Å²) in [7, 11) is 0. The van der Waals surface area contributed by atoms with Gasteiger partial charge in [-0.05, 0) is 48.2 Å². The van der Waals surface area contributed by atoms with Gasteiger partial charge in [0, 0.05) is 30.8 Å². The topological polar surface area (TPSA) is 108 Å². The highest BCUT2D eigenvalue weighted by atomic mass is 16.6. The first-order valence-corrected chi connectivity index (χ1v) is 10.0. The summed E-state index contributed by atoms with van der Waals surface area (Å²) < 4.78 is 13.1. The van der Waals surface area contributed by atoms with Crippen molar-refractivity contribution < 1.29 is 19.3 Å². The van der Waals surface area contributed by atoms with Crippen molar-refractivity contribution in [2.75, 3.05) is 6.54 Å². The number of benzene rings is 2. The maximum atomic E-state index is 11.0. The van der Waals surface area contributed by atoms with Crippen LogP contribution < -0.4 is 0 Å². The summed E-state index contributed by atoms with van der Waals surface area (Å²) in [5, 5.41) is 22.0. The number of hydrogen-bond donors (Lipinski definition) is 0. The van der Waals surface area contributed by atoms with Crippen LogP contribution in [0.25, 0.3) is 0 Å². The predicted molar refractivity (Wildman–Crippen MR) is 106 cm³/mol. The monoisotopic (exact) mass is 411 g/mol. The van der Waals surface area contributed by atoms with Gasteiger partial charge >= 0.3 is 0 Å². The van der Waals surface area contributed by atoms with E-state index in [0.29, 0.717) is 6.54 Å². The lowest BCUT2D eigenvalue weighted by Gasteiger charge is -2.45. The molecule has 156 valence electrons. The van der Waals surface area contributed by atoms with E-state index in [1.165, 1.54) is 24.3 Å². The number of nitro groups is 2. The third-order valence-electron chi connectivity index (χ3n) is 6.37. The largest absolute Gasteiger partial charge is 0.352 e. The van der Waals surface area contributed by atoms with Crippen LogP contribution in [0.15, 0.2) is 48.5 Å². The average Bonchev–Trinajstić information content (AvgIpc) is 3.07. The van der Waals surface area contributed by atoms with Gasteiger partial charge in [-0.1, -0.05) is 12.8 Å². The molecular weight excluding hydrogens is 390 g/mol. The van der Waals surface area contributed by atoms with Gasteiger partial charge in [0.2, 0.25) is 0 Å². The maximum Gasteiger partial charge on any atom is 0.269 e. The molecule has 1 saturated carbocycles. The van der Waals surface area contributed by atoms with Crippen LogP contribution in [0.3, 0.4) is 0 Å². The van der Waals surface area contributed by atoms with Crippen molar-refractivity contribution in [1.82, 2.24) is 4.90 Å². The molecule has 3 fully saturated rings. The lowest BCUT2D eigenvalue weighted by atomic mass is 9.81. The minimum absolute atomic E-state index is 0.0335. The summed E-state index contributed by atoms with van der Waals surface area (Å²) in [4.78, 5) is 23.3. The molecule has 1 aliphatic carbocycles. The van der Waals surface area contributed by atoms with Gasteiger partial charge in [0.25, 0.3) is 11.4 Å². The Bertz CT molecular complexity index is 920. The van der Waals surface area contributed by atoms with Crippen molar-refractivity contribution >= 4 is 11.4 Å². The van der Waals surface area contributed by atoms with Crippen LogP contribution in [0, 0.1) is 20.2 Å². The Balaban J connectivity index is 1.51. The normalized spacial score (nSPS) is 32.4. The number of non-ortho nitro benzene ring substituents is 2. The quantitative estimate of drug-likeness (QED) is 0.547. The van der Waals surface area contributed by atoms with Gasteiger partial charge in [-0.15, -0.1) is 0 Å². The lowest BCUT2D eigenvalue weighted by Crippen LogP contribution is -2.54. The molecule has 0 aromatic heterocycles. The molecule has 9 heteroatoms. The number of hydrogen-bond acceptors (Lipinski definition) is 7. The fourth-order valence-electron chi connectivity index (χ4n) is 4.90. The molecule has 5 rings (SSSR count). The first-order valence-electron chi connectivity index (χ1n) is 10.0. The Hall–Kier alpha value is -2.88. The predicted octanol–water partition coefficient (Wildman–Crippen LogP) is 4.24. The standard InChI is InChI=1S/C21H21N3O6/c25-23(26)16-8-4-14(5-9-16)19-22-13-21(12-2-1-3-18(21)29-19)30-20(22)15-6-10-17(11-7-15)24(27)28/h4-11,18-20H,1-3,12-13H2/t18-,19+,20+,21-/m1/s1. The van der Waals surface area contributed by atoms with Crippen LogP contribution in [0.2, 0.25) is 0 Å². The fraction of sp³-hybridized carbons (Fsp3) is 0.429. The third kappa shape index (κ3) is 3.06. The second-order valence-corrected chi connectivity index (χ2v) is 8.13. The second-order valence-electron chi connectivity index (χ2n) is 8.13. The number of ether oxygens (including phenoxy) is 2. The van der Waals surface area contributed by atoms with E-state index >= 15 is 0 Å². The van der Waals surface area contributed by atoms with Gasteiger partial charge in [-0.3, -0.25) is 20.2 Å². The van der Waals surface area contributed by atoms with Crippen molar-refractivity contribution in [1.29, 1.82) is 0 Å². The molecule has 3 aliphatic rings. The molecule has 1 spiro atoms. The molecular formula is C21H21N3O6. The van der Waals surface area contributed by atoms with Crippen molar-refractivity contribution in [3.05, 3.63) is 79.9 Å². The maximum absolute atomic E-state index is 11.0. The zero-order valence-corrected chi connectivity index (χ0v) is 16.2. The fourth-order valence-corrected chi connectivity index (χ4v) is 4.90. The first-order chi connectivity index (χ1) is 14.5. The van der Waals surface area contributed by atoms with E-state index in [1.54, 1.807) is 24.3 Å². The number of rotatable bonds is 4. The van der Waals surface area contributed by atoms with E-state index < -0.39 is 22.3 Å². The first kappa shape index (κ1) is 19.1. The molecule has 0 amide bonds. The Morgan fingerprint density at radius 2 is 1.43 bits per heavy atom. The van der Waals surface area contributed by atoms with E-state index in [4.69, 9.17) is 9.47 Å². The van der Waals surface area contributed by atoms with Crippen LogP contribution in [-0.4, -0.2) is 33.0 Å². The molecule has 0 N–H and O–H groups in total. The number of nitro benzene ring substituents is 2. The smallest absolute Gasteiger partial charge is 0.269 e. The SMILES string of the molecule is O=[N+]([O-])c1ccc([C@@H]2O[C@@H]3CCCC[C@@]34CN2[C@H](c2ccc([N+](=O)[O-])cc2)O4)cc1. The van der Waals surface area contributed by atoms with Gasteiger partial charge in [0.05, 0.1) is 16.0 Å². The average molecular weight is 411 g/mol. The molecule has 9 nitrogen and oxygen atoms in total. The lowest BCUT2D eigenvalue weighted by molar-refractivity contribution is -0.385. The molecule has 2 heterocycles. The van der Waals surface area contributed by atoms with Crippen molar-refractivity contribution in [3.8, 4) is 0 Å². The second kappa shape index (κ2) is 7.12. The van der Waals surface area contributed by atoms with Crippen molar-refractivity contribution in [3.63, 3.8) is 0 Å². The van der Waals surface area contributed by atoms with Gasteiger partial charge in [-0.25, -0.2) is 4.90 Å². The number of fused-ring (bicyclic) bond motifs is 1. The Morgan fingerprint density at radius 3 is 2.00 bits per heavy atom. The molecule has 2 aromatic carbocycles. The summed E-state index contributed by atoms with van der Waals surface area (Å²) in [5.74, 6) is 0. The van der Waals surface area contributed by atoms with E-state index in [9.17, 15) is 20.2 Å². The third-order valence-corrected chi connectivity index (χ3v) is 6.37. The zero-order valence-electron chi connectivity index (χ0n) is 16.2. The highest BCUT2D eigenvalue weighted by molar-refractivity contribution is 5.36. The van der Waals surface area contributed by atoms with Crippen molar-refractivity contribution in [2.24, 2.45) is 0 Å². The van der Waals surface area contributed by atoms with Gasteiger partial charge < -0.3 is 9.47 Å². The summed E-state index contributed by atoms with van der Waals surface area (Å²) in [5.41, 5.74) is 1.34. The molecule has 1 unspecified atom stereocenters. The Kier molecular flexibility index (Phi) is 4.53. The summed E-state index contributed by atoms with van der Waals surface area (Å²) >= 11 is 0. The Morgan fingerprint density at radius 1 is 0.867 bits per heavy atom. The van der Waals surface area contributed by atoms with E-state index in [1.807, 2.05) is 0 Å². The molecule has 0 radical (unpaired) electrons. The van der Waals surface area contributed by atoms with Gasteiger partial charge in [0.1, 0.15) is 18.1 Å². The van der Waals surface area contributed by atoms with Gasteiger partial charge in [0.15, 0.2) is 0 Å². The molecule has 2 bridgehead atoms. The van der Waals surface area contributed by atoms with Crippen LogP contribution in [0.5, 0.6) is 0 Å². The molecule has 30 heavy (non-hydrogen) atoms. The minimum atomic E-state index is -0.420. The number of nitrogens with zero attached hydrogens (tertiary/aromatic N) is 3. The van der Waals surface area contributed by atoms with Crippen LogP contribution in [0.1, 0.15) is 49.3 Å². The highest BCUT2D eigenvalue weighted by Crippen LogP contribution is 2.53. The van der Waals surface area contributed by atoms with Crippen molar-refractivity contribution in [2.45, 2.75) is 49.8 Å². The van der Waals surface area contributed by atoms with Crippen LogP contribution in [0.4, 0.5) is 11.4 Å². The van der Waals surface area contributed by atoms with E-state index in [-0.39, 0.29) is 23.1 Å². The highest BCUT2D eigenvalue weighted by Gasteiger charge is 2.58. The summed E-state index contributed by atoms with van der Waals surface area (Å²) in [6, 6.07) is 12.8. The van der Waals surface area contributed by atoms with E-state index in [2.05, 4.69) is 4.90 Å². The van der Waals surface area contributed by atoms with Crippen LogP contribution in [-0.2, 0) is 9.47 Å². The zero-order chi connectivity index (χ0) is 20.9. The van der Waals surface area contributed by atoms with Gasteiger partial charge in [-0.2, -0.15) is 0 Å². The molecule has 5 atom stereocenters. The minimum Gasteiger partial charge on any atom is -0.352 e. The summed E-state index contributed by atoms with van der Waals surface area (Å²) in [6.45, 7) is 0.695. The van der Waals surface area contributed by atoms with Crippen LogP contribution >= 0.6 is 0 Å². The molecule has 2 saturated heterocycles. The molecule has 2 aromatic rings. The molecule has 2 aliphatic heterocycles. The Labute approximate surface area is 172 Å². The summed E-state index contributed by atoms with van der Waals surface area (Å²) in [6.07, 6.45) is 3.12. The van der Waals surface area contributed by atoms with E-state index in [0.717, 1.165) is 36.8 Å².